The van der Waals surface area contributed by atoms with E-state index in [1.54, 1.807) is 13.8 Å². The second-order valence-electron chi connectivity index (χ2n) is 5.15. The number of hydrogen-bond acceptors (Lipinski definition) is 9. The number of amides is 1. The van der Waals surface area contributed by atoms with Gasteiger partial charge in [-0.3, -0.25) is 35.9 Å². The Morgan fingerprint density at radius 1 is 1.15 bits per heavy atom. The summed E-state index contributed by atoms with van der Waals surface area (Å²) < 4.78 is 5.25. The maximum atomic E-state index is 12.2. The molecule has 0 atom stereocenters. The molecule has 2 N–H and O–H groups in total. The van der Waals surface area contributed by atoms with E-state index in [0.29, 0.717) is 0 Å². The van der Waals surface area contributed by atoms with Crippen molar-refractivity contribution in [2.45, 2.75) is 20.0 Å². The van der Waals surface area contributed by atoms with Crippen LogP contribution in [0.2, 0.25) is 0 Å². The van der Waals surface area contributed by atoms with Crippen molar-refractivity contribution < 1.29 is 19.4 Å². The van der Waals surface area contributed by atoms with E-state index in [-0.39, 0.29) is 23.4 Å². The zero-order valence-electron chi connectivity index (χ0n) is 13.7. The molecular weight excluding hydrogens is 348 g/mol. The van der Waals surface area contributed by atoms with Crippen molar-refractivity contribution in [3.63, 3.8) is 0 Å². The summed E-state index contributed by atoms with van der Waals surface area (Å²) in [6.45, 7) is 3.32. The van der Waals surface area contributed by atoms with E-state index < -0.39 is 27.1 Å². The van der Waals surface area contributed by atoms with Crippen LogP contribution in [0, 0.1) is 20.2 Å². The van der Waals surface area contributed by atoms with Crippen LogP contribution in [0.5, 0.6) is 5.88 Å². The first kappa shape index (κ1) is 18.5. The van der Waals surface area contributed by atoms with Crippen LogP contribution in [-0.4, -0.2) is 31.8 Å². The lowest BCUT2D eigenvalue weighted by Crippen LogP contribution is -2.30. The van der Waals surface area contributed by atoms with Crippen LogP contribution in [0.1, 0.15) is 24.2 Å². The zero-order chi connectivity index (χ0) is 19.3. The minimum atomic E-state index is -0.864. The Morgan fingerprint density at radius 3 is 2.46 bits per heavy atom. The molecule has 0 aliphatic heterocycles. The molecule has 0 aliphatic rings. The molecule has 2 rings (SSSR count). The Labute approximate surface area is 146 Å². The molecule has 1 heterocycles. The number of carbonyl (C=O) groups is 1. The molecule has 0 radical (unpaired) electrons. The number of nitrogens with zero attached hydrogens (tertiary/aromatic N) is 4. The maximum Gasteiger partial charge on any atom is 0.374 e. The molecule has 0 aliphatic carbocycles. The molecule has 2 aromatic rings. The van der Waals surface area contributed by atoms with Crippen molar-refractivity contribution in [3.8, 4) is 5.88 Å². The van der Waals surface area contributed by atoms with Gasteiger partial charge in [0.25, 0.3) is 17.5 Å². The lowest BCUT2D eigenvalue weighted by molar-refractivity contribution is -0.385. The van der Waals surface area contributed by atoms with Gasteiger partial charge in [-0.1, -0.05) is 12.1 Å². The average molecular weight is 362 g/mol. The van der Waals surface area contributed by atoms with Crippen LogP contribution in [0.4, 0.5) is 17.2 Å². The van der Waals surface area contributed by atoms with Gasteiger partial charge in [0.05, 0.1) is 16.0 Å². The van der Waals surface area contributed by atoms with Crippen molar-refractivity contribution in [1.29, 1.82) is 0 Å². The summed E-state index contributed by atoms with van der Waals surface area (Å²) in [5.41, 5.74) is 3.21. The van der Waals surface area contributed by atoms with Crippen LogP contribution in [-0.2, 0) is 0 Å². The van der Waals surface area contributed by atoms with Gasteiger partial charge in [0.15, 0.2) is 0 Å². The fraction of sp³-hybridized carbons (Fsp3) is 0.214. The number of hydrazine groups is 1. The fourth-order valence-electron chi connectivity index (χ4n) is 1.94. The fourth-order valence-corrected chi connectivity index (χ4v) is 1.94. The molecule has 12 heteroatoms. The number of hydrogen-bond donors (Lipinski definition) is 2. The molecule has 0 spiro atoms. The summed E-state index contributed by atoms with van der Waals surface area (Å²) in [4.78, 5) is 40.3. The van der Waals surface area contributed by atoms with Crippen LogP contribution in [0.15, 0.2) is 30.6 Å². The minimum Gasteiger partial charge on any atom is -0.470 e. The van der Waals surface area contributed by atoms with Gasteiger partial charge in [0.2, 0.25) is 5.82 Å². The normalized spacial score (nSPS) is 10.3. The lowest BCUT2D eigenvalue weighted by Gasteiger charge is -2.12. The van der Waals surface area contributed by atoms with E-state index in [9.17, 15) is 25.0 Å². The van der Waals surface area contributed by atoms with Gasteiger partial charge < -0.3 is 4.74 Å². The van der Waals surface area contributed by atoms with E-state index in [4.69, 9.17) is 4.74 Å². The Morgan fingerprint density at radius 2 is 1.85 bits per heavy atom. The summed E-state index contributed by atoms with van der Waals surface area (Å²) in [7, 11) is 0. The molecule has 0 fully saturated rings. The maximum absolute atomic E-state index is 12.2. The monoisotopic (exact) mass is 362 g/mol. The average Bonchev–Trinajstić information content (AvgIpc) is 2.58. The topological polar surface area (TPSA) is 162 Å². The minimum absolute atomic E-state index is 0.222. The highest BCUT2D eigenvalue weighted by atomic mass is 16.6. The molecular formula is C14H14N6O6. The highest BCUT2D eigenvalue weighted by Gasteiger charge is 2.26. The molecule has 0 saturated carbocycles. The first-order valence-electron chi connectivity index (χ1n) is 7.27. The Hall–Kier alpha value is -3.83. The second kappa shape index (κ2) is 7.83. The number of carbonyl (C=O) groups excluding carboxylic acids is 1. The molecule has 12 nitrogen and oxygen atoms in total. The van der Waals surface area contributed by atoms with Crippen molar-refractivity contribution >= 4 is 23.1 Å². The molecule has 0 unspecified atom stereocenters. The molecule has 1 amide bonds. The van der Waals surface area contributed by atoms with E-state index in [1.807, 2.05) is 0 Å². The van der Waals surface area contributed by atoms with Gasteiger partial charge in [-0.05, 0) is 19.9 Å². The highest BCUT2D eigenvalue weighted by Crippen LogP contribution is 2.31. The third-order valence-electron chi connectivity index (χ3n) is 2.96. The SMILES string of the molecule is CC(C)Oc1ncnc(NNC(=O)c2ccccc2[N+](=O)[O-])c1[N+](=O)[O-]. The van der Waals surface area contributed by atoms with Gasteiger partial charge in [0.1, 0.15) is 11.9 Å². The van der Waals surface area contributed by atoms with Crippen LogP contribution in [0.25, 0.3) is 0 Å². The Kier molecular flexibility index (Phi) is 5.57. The largest absolute Gasteiger partial charge is 0.470 e. The van der Waals surface area contributed by atoms with E-state index in [1.165, 1.54) is 18.2 Å². The predicted octanol–water partition coefficient (Wildman–Crippen LogP) is 1.84. The third-order valence-corrected chi connectivity index (χ3v) is 2.96. The van der Waals surface area contributed by atoms with E-state index in [2.05, 4.69) is 20.8 Å². The highest BCUT2D eigenvalue weighted by molar-refractivity contribution is 5.98. The molecule has 0 bridgehead atoms. The predicted molar refractivity (Wildman–Crippen MR) is 88.6 cm³/mol. The first-order chi connectivity index (χ1) is 12.3. The van der Waals surface area contributed by atoms with Gasteiger partial charge in [-0.25, -0.2) is 4.98 Å². The quantitative estimate of drug-likeness (QED) is 0.552. The van der Waals surface area contributed by atoms with Crippen LogP contribution >= 0.6 is 0 Å². The van der Waals surface area contributed by atoms with Gasteiger partial charge >= 0.3 is 5.69 Å². The summed E-state index contributed by atoms with van der Waals surface area (Å²) in [5, 5.41) is 22.3. The molecule has 1 aromatic heterocycles. The van der Waals surface area contributed by atoms with Gasteiger partial charge in [-0.2, -0.15) is 4.98 Å². The summed E-state index contributed by atoms with van der Waals surface area (Å²) >= 11 is 0. The zero-order valence-corrected chi connectivity index (χ0v) is 13.7. The molecule has 1 aromatic carbocycles. The smallest absolute Gasteiger partial charge is 0.374 e. The summed E-state index contributed by atoms with van der Waals surface area (Å²) in [6, 6.07) is 5.27. The Bertz CT molecular complexity index is 856. The standard InChI is InChI=1S/C14H14N6O6/c1-8(2)26-14-11(20(24)25)12(15-7-16-14)17-18-13(21)9-5-3-4-6-10(9)19(22)23/h3-8H,1-2H3,(H,18,21)(H,15,16,17). The number of rotatable bonds is 7. The van der Waals surface area contributed by atoms with Crippen molar-refractivity contribution in [2.75, 3.05) is 5.43 Å². The molecule has 0 saturated heterocycles. The number of benzene rings is 1. The first-order valence-corrected chi connectivity index (χ1v) is 7.27. The number of nitro benzene ring substituents is 1. The number of anilines is 1. The second-order valence-corrected chi connectivity index (χ2v) is 5.15. The molecule has 136 valence electrons. The van der Waals surface area contributed by atoms with Crippen molar-refractivity contribution in [3.05, 3.63) is 56.4 Å². The van der Waals surface area contributed by atoms with Crippen molar-refractivity contribution in [2.24, 2.45) is 0 Å². The summed E-state index contributed by atoms with van der Waals surface area (Å²) in [6.07, 6.45) is 0.641. The number of nitrogens with one attached hydrogen (secondary N) is 2. The van der Waals surface area contributed by atoms with Crippen LogP contribution < -0.4 is 15.6 Å². The lowest BCUT2D eigenvalue weighted by atomic mass is 10.2. The van der Waals surface area contributed by atoms with Crippen LogP contribution in [0.3, 0.4) is 0 Å². The number of para-hydroxylation sites is 1. The number of nitro groups is 2. The third kappa shape index (κ3) is 4.17. The number of aromatic nitrogens is 2. The van der Waals surface area contributed by atoms with E-state index in [0.717, 1.165) is 12.4 Å². The van der Waals surface area contributed by atoms with Gasteiger partial charge in [-0.15, -0.1) is 0 Å². The van der Waals surface area contributed by atoms with Crippen molar-refractivity contribution in [1.82, 2.24) is 15.4 Å². The molecule has 26 heavy (non-hydrogen) atoms. The summed E-state index contributed by atoms with van der Waals surface area (Å²) in [5.74, 6) is -1.47. The Balaban J connectivity index is 2.26. The van der Waals surface area contributed by atoms with E-state index >= 15 is 0 Å². The number of ether oxygens (including phenoxy) is 1. The van der Waals surface area contributed by atoms with Gasteiger partial charge in [0, 0.05) is 6.07 Å².